The summed E-state index contributed by atoms with van der Waals surface area (Å²) < 4.78 is 0. The molecule has 0 fully saturated rings. The van der Waals surface area contributed by atoms with Gasteiger partial charge < -0.3 is 0 Å². The number of hydrogen-bond acceptors (Lipinski definition) is 3. The summed E-state index contributed by atoms with van der Waals surface area (Å²) in [6.45, 7) is 6.72. The molecule has 0 saturated carbocycles. The van der Waals surface area contributed by atoms with Gasteiger partial charge in [0.05, 0.1) is 11.4 Å². The molecule has 0 atom stereocenters. The molecule has 9 aromatic rings. The van der Waals surface area contributed by atoms with Crippen molar-refractivity contribution in [3.05, 3.63) is 211 Å². The van der Waals surface area contributed by atoms with Crippen LogP contribution in [0.2, 0.25) is 0 Å². The second-order valence-electron chi connectivity index (χ2n) is 15.7. The van der Waals surface area contributed by atoms with Crippen molar-refractivity contribution in [2.75, 3.05) is 0 Å². The van der Waals surface area contributed by atoms with E-state index < -0.39 is 0 Å². The molecule has 0 saturated heterocycles. The largest absolute Gasteiger partial charge is 0.261 e. The Balaban J connectivity index is 1.10. The molecule has 0 aliphatic heterocycles. The lowest BCUT2D eigenvalue weighted by atomic mass is 9.82. The third-order valence-corrected chi connectivity index (χ3v) is 11.7. The van der Waals surface area contributed by atoms with Crippen LogP contribution in [0, 0.1) is 6.92 Å². The van der Waals surface area contributed by atoms with Crippen LogP contribution in [0.5, 0.6) is 0 Å². The van der Waals surface area contributed by atoms with Gasteiger partial charge in [0.15, 0.2) is 5.82 Å². The predicted octanol–water partition coefficient (Wildman–Crippen LogP) is 14.2. The Bertz CT molecular complexity index is 2890. The van der Waals surface area contributed by atoms with Gasteiger partial charge in [0.1, 0.15) is 0 Å². The van der Waals surface area contributed by atoms with Gasteiger partial charge in [-0.15, -0.1) is 0 Å². The van der Waals surface area contributed by atoms with Gasteiger partial charge in [-0.25, -0.2) is 9.97 Å². The molecule has 2 heterocycles. The van der Waals surface area contributed by atoms with Crippen LogP contribution in [0.3, 0.4) is 0 Å². The van der Waals surface area contributed by atoms with E-state index in [1.54, 1.807) is 0 Å². The van der Waals surface area contributed by atoms with Crippen LogP contribution in [0.25, 0.3) is 89.5 Å². The van der Waals surface area contributed by atoms with Gasteiger partial charge in [0, 0.05) is 39.6 Å². The van der Waals surface area contributed by atoms with Crippen LogP contribution in [-0.2, 0) is 5.41 Å². The molecule has 1 aliphatic carbocycles. The number of hydrogen-bond donors (Lipinski definition) is 0. The first-order chi connectivity index (χ1) is 28.4. The molecule has 276 valence electrons. The number of pyridine rings is 1. The Kier molecular flexibility index (Phi) is 8.72. The molecule has 58 heavy (non-hydrogen) atoms. The van der Waals surface area contributed by atoms with Crippen molar-refractivity contribution in [1.29, 1.82) is 0 Å². The van der Waals surface area contributed by atoms with Crippen molar-refractivity contribution in [1.82, 2.24) is 15.0 Å². The maximum absolute atomic E-state index is 5.25. The standard InChI is InChI=1S/C55H41N3/c1-36-47(18-12-30-56-36)40-26-24-38(25-27-40)37-20-22-39(23-21-37)44-31-45(43-28-29-51-49(34-43)48-17-10-11-19-50(48)55(51,2)3)33-46(32-44)54-57-52(41-13-6-4-7-14-41)35-53(58-54)42-15-8-5-9-16-42/h4-35H,1-3H3. The Morgan fingerprint density at radius 2 is 0.828 bits per heavy atom. The maximum atomic E-state index is 5.25. The van der Waals surface area contributed by atoms with E-state index in [-0.39, 0.29) is 5.41 Å². The van der Waals surface area contributed by atoms with Crippen molar-refractivity contribution in [2.24, 2.45) is 0 Å². The summed E-state index contributed by atoms with van der Waals surface area (Å²) >= 11 is 0. The maximum Gasteiger partial charge on any atom is 0.160 e. The highest BCUT2D eigenvalue weighted by Crippen LogP contribution is 2.50. The van der Waals surface area contributed by atoms with Crippen LogP contribution in [0.15, 0.2) is 194 Å². The summed E-state index contributed by atoms with van der Waals surface area (Å²) in [6.07, 6.45) is 1.84. The smallest absolute Gasteiger partial charge is 0.160 e. The highest BCUT2D eigenvalue weighted by molar-refractivity contribution is 5.87. The SMILES string of the molecule is Cc1ncccc1-c1ccc(-c2ccc(-c3cc(-c4ccc5c(c4)-c4ccccc4C5(C)C)cc(-c4nc(-c5ccccc5)cc(-c5ccccc5)n4)c3)cc2)cc1. The molecule has 1 aliphatic rings. The fourth-order valence-corrected chi connectivity index (χ4v) is 8.57. The van der Waals surface area contributed by atoms with Crippen molar-refractivity contribution in [3.63, 3.8) is 0 Å². The summed E-state index contributed by atoms with van der Waals surface area (Å²) in [7, 11) is 0. The second kappa shape index (κ2) is 14.4. The number of fused-ring (bicyclic) bond motifs is 3. The summed E-state index contributed by atoms with van der Waals surface area (Å²) in [5, 5.41) is 0. The van der Waals surface area contributed by atoms with E-state index in [1.165, 1.54) is 38.9 Å². The van der Waals surface area contributed by atoms with E-state index in [2.05, 4.69) is 196 Å². The molecular weight excluding hydrogens is 703 g/mol. The summed E-state index contributed by atoms with van der Waals surface area (Å²) in [5.74, 6) is 0.691. The second-order valence-corrected chi connectivity index (χ2v) is 15.7. The Morgan fingerprint density at radius 3 is 1.45 bits per heavy atom. The van der Waals surface area contributed by atoms with Crippen LogP contribution in [-0.4, -0.2) is 15.0 Å². The molecule has 0 bridgehead atoms. The van der Waals surface area contributed by atoms with Gasteiger partial charge in [-0.3, -0.25) is 4.98 Å². The summed E-state index contributed by atoms with van der Waals surface area (Å²) in [6, 6.07) is 67.3. The van der Waals surface area contributed by atoms with Crippen LogP contribution in [0.4, 0.5) is 0 Å². The lowest BCUT2D eigenvalue weighted by Gasteiger charge is -2.21. The number of benzene rings is 7. The lowest BCUT2D eigenvalue weighted by Crippen LogP contribution is -2.14. The monoisotopic (exact) mass is 743 g/mol. The van der Waals surface area contributed by atoms with Crippen LogP contribution >= 0.6 is 0 Å². The average Bonchev–Trinajstić information content (AvgIpc) is 3.52. The van der Waals surface area contributed by atoms with Crippen molar-refractivity contribution in [3.8, 4) is 89.5 Å². The number of aromatic nitrogens is 3. The third-order valence-electron chi connectivity index (χ3n) is 11.7. The summed E-state index contributed by atoms with van der Waals surface area (Å²) in [5.41, 5.74) is 20.4. The average molecular weight is 744 g/mol. The zero-order chi connectivity index (χ0) is 39.2. The highest BCUT2D eigenvalue weighted by atomic mass is 14.9. The topological polar surface area (TPSA) is 38.7 Å². The van der Waals surface area contributed by atoms with E-state index in [1.807, 2.05) is 24.4 Å². The fraction of sp³-hybridized carbons (Fsp3) is 0.0727. The molecule has 0 spiro atoms. The van der Waals surface area contributed by atoms with Gasteiger partial charge in [-0.2, -0.15) is 0 Å². The predicted molar refractivity (Wildman–Crippen MR) is 240 cm³/mol. The van der Waals surface area contributed by atoms with Crippen LogP contribution < -0.4 is 0 Å². The Labute approximate surface area is 340 Å². The van der Waals surface area contributed by atoms with E-state index >= 15 is 0 Å². The molecule has 0 N–H and O–H groups in total. The van der Waals surface area contributed by atoms with Crippen molar-refractivity contribution < 1.29 is 0 Å². The zero-order valence-electron chi connectivity index (χ0n) is 32.8. The molecule has 0 unspecified atom stereocenters. The van der Waals surface area contributed by atoms with Gasteiger partial charge in [0.2, 0.25) is 0 Å². The summed E-state index contributed by atoms with van der Waals surface area (Å²) in [4.78, 5) is 15.0. The van der Waals surface area contributed by atoms with E-state index in [0.29, 0.717) is 5.82 Å². The first kappa shape index (κ1) is 35.2. The van der Waals surface area contributed by atoms with Gasteiger partial charge in [-0.05, 0) is 105 Å². The third kappa shape index (κ3) is 6.41. The highest BCUT2D eigenvalue weighted by Gasteiger charge is 2.35. The van der Waals surface area contributed by atoms with Crippen LogP contribution in [0.1, 0.15) is 30.7 Å². The quantitative estimate of drug-likeness (QED) is 0.163. The molecule has 3 heteroatoms. The lowest BCUT2D eigenvalue weighted by molar-refractivity contribution is 0.660. The Morgan fingerprint density at radius 1 is 0.345 bits per heavy atom. The number of nitrogens with zero attached hydrogens (tertiary/aromatic N) is 3. The van der Waals surface area contributed by atoms with Gasteiger partial charge >= 0.3 is 0 Å². The molecule has 0 amide bonds. The Hall–Kier alpha value is -7.23. The fourth-order valence-electron chi connectivity index (χ4n) is 8.57. The van der Waals surface area contributed by atoms with Crippen molar-refractivity contribution in [2.45, 2.75) is 26.2 Å². The minimum atomic E-state index is -0.0587. The minimum Gasteiger partial charge on any atom is -0.261 e. The van der Waals surface area contributed by atoms with Crippen molar-refractivity contribution >= 4 is 0 Å². The number of rotatable bonds is 7. The van der Waals surface area contributed by atoms with Gasteiger partial charge in [0.25, 0.3) is 0 Å². The first-order valence-electron chi connectivity index (χ1n) is 19.9. The number of aryl methyl sites for hydroxylation is 1. The van der Waals surface area contributed by atoms with Gasteiger partial charge in [-0.1, -0.05) is 166 Å². The van der Waals surface area contributed by atoms with E-state index in [4.69, 9.17) is 9.97 Å². The van der Waals surface area contributed by atoms with E-state index in [9.17, 15) is 0 Å². The van der Waals surface area contributed by atoms with E-state index in [0.717, 1.165) is 61.6 Å². The zero-order valence-corrected chi connectivity index (χ0v) is 32.8. The molecule has 0 radical (unpaired) electrons. The minimum absolute atomic E-state index is 0.0587. The molecular formula is C55H41N3. The molecule has 7 aromatic carbocycles. The normalized spacial score (nSPS) is 12.5. The molecule has 3 nitrogen and oxygen atoms in total. The molecule has 10 rings (SSSR count). The molecule has 2 aromatic heterocycles. The first-order valence-corrected chi connectivity index (χ1v) is 19.9.